The molecule has 2 N–H and O–H groups in total. The summed E-state index contributed by atoms with van der Waals surface area (Å²) in [5.74, 6) is 0.755. The molecule has 0 bridgehead atoms. The molecule has 22 heavy (non-hydrogen) atoms. The molecule has 110 valence electrons. The van der Waals surface area contributed by atoms with Crippen molar-refractivity contribution >= 4 is 27.5 Å². The topological polar surface area (TPSA) is 78.1 Å². The smallest absolute Gasteiger partial charge is 0.248 e. The maximum absolute atomic E-state index is 11.1. The summed E-state index contributed by atoms with van der Waals surface area (Å²) in [5.41, 5.74) is 7.02. The van der Waals surface area contributed by atoms with Gasteiger partial charge in [0.2, 0.25) is 11.8 Å². The number of carbonyl (C=O) groups excluding carboxylic acids is 1. The van der Waals surface area contributed by atoms with Crippen molar-refractivity contribution < 1.29 is 9.53 Å². The third kappa shape index (κ3) is 2.12. The van der Waals surface area contributed by atoms with Gasteiger partial charge in [-0.1, -0.05) is 0 Å². The van der Waals surface area contributed by atoms with Gasteiger partial charge < -0.3 is 10.5 Å². The number of benzene rings is 1. The average molecular weight is 311 g/mol. The Hall–Kier alpha value is -2.47. The number of ether oxygens (including phenoxy) is 1. The van der Waals surface area contributed by atoms with Crippen LogP contribution in [-0.4, -0.2) is 15.9 Å². The number of hydrogen-bond donors (Lipinski definition) is 1. The Kier molecular flexibility index (Phi) is 3.04. The number of carbonyl (C=O) groups is 1. The van der Waals surface area contributed by atoms with Crippen molar-refractivity contribution in [2.24, 2.45) is 5.73 Å². The zero-order valence-electron chi connectivity index (χ0n) is 11.7. The van der Waals surface area contributed by atoms with E-state index in [2.05, 4.69) is 9.97 Å². The van der Waals surface area contributed by atoms with Gasteiger partial charge in [-0.25, -0.2) is 9.97 Å². The molecule has 0 saturated carbocycles. The summed E-state index contributed by atoms with van der Waals surface area (Å²) in [7, 11) is 0. The van der Waals surface area contributed by atoms with Crippen molar-refractivity contribution in [3.05, 3.63) is 46.6 Å². The van der Waals surface area contributed by atoms with Crippen LogP contribution in [-0.2, 0) is 12.8 Å². The van der Waals surface area contributed by atoms with Gasteiger partial charge in [0.15, 0.2) is 0 Å². The van der Waals surface area contributed by atoms with Crippen LogP contribution < -0.4 is 10.5 Å². The molecule has 6 heteroatoms. The summed E-state index contributed by atoms with van der Waals surface area (Å²) < 4.78 is 5.91. The molecule has 0 spiro atoms. The van der Waals surface area contributed by atoms with Crippen LogP contribution in [0, 0.1) is 0 Å². The van der Waals surface area contributed by atoms with Crippen molar-refractivity contribution in [2.75, 3.05) is 0 Å². The fourth-order valence-electron chi connectivity index (χ4n) is 2.78. The Morgan fingerprint density at radius 3 is 2.77 bits per heavy atom. The van der Waals surface area contributed by atoms with E-state index in [4.69, 9.17) is 10.5 Å². The number of aromatic nitrogens is 2. The fraction of sp³-hybridized carbons (Fsp3) is 0.188. The average Bonchev–Trinajstić information content (AvgIpc) is 3.08. The van der Waals surface area contributed by atoms with Crippen molar-refractivity contribution in [2.45, 2.75) is 19.3 Å². The largest absolute Gasteiger partial charge is 0.438 e. The number of hydrogen-bond acceptors (Lipinski definition) is 5. The number of primary amides is 1. The first-order valence-electron chi connectivity index (χ1n) is 7.05. The van der Waals surface area contributed by atoms with Gasteiger partial charge in [0.1, 0.15) is 16.9 Å². The van der Waals surface area contributed by atoms with Gasteiger partial charge in [-0.15, -0.1) is 11.3 Å². The lowest BCUT2D eigenvalue weighted by atomic mass is 10.2. The first-order valence-corrected chi connectivity index (χ1v) is 7.87. The molecule has 1 aliphatic rings. The predicted octanol–water partition coefficient (Wildman–Crippen LogP) is 3.07. The van der Waals surface area contributed by atoms with E-state index in [9.17, 15) is 4.79 Å². The van der Waals surface area contributed by atoms with E-state index < -0.39 is 5.91 Å². The predicted molar refractivity (Wildman–Crippen MR) is 84.5 cm³/mol. The van der Waals surface area contributed by atoms with Crippen molar-refractivity contribution in [1.82, 2.24) is 9.97 Å². The molecular formula is C16H13N3O2S. The summed E-state index contributed by atoms with van der Waals surface area (Å²) in [6, 6.07) is 6.74. The molecule has 1 aliphatic carbocycles. The molecule has 1 aromatic carbocycles. The summed E-state index contributed by atoms with van der Waals surface area (Å²) in [4.78, 5) is 22.1. The van der Waals surface area contributed by atoms with Crippen LogP contribution in [0.1, 0.15) is 27.2 Å². The lowest BCUT2D eigenvalue weighted by molar-refractivity contribution is 0.100. The maximum atomic E-state index is 11.1. The Bertz CT molecular complexity index is 871. The SMILES string of the molecule is NC(=O)c1ccc(Oc2ncnc3sc4c(c23)CCC4)cc1. The molecule has 0 aliphatic heterocycles. The maximum Gasteiger partial charge on any atom is 0.248 e. The highest BCUT2D eigenvalue weighted by molar-refractivity contribution is 7.18. The van der Waals surface area contributed by atoms with Gasteiger partial charge in [-0.05, 0) is 49.1 Å². The molecule has 0 unspecified atom stereocenters. The highest BCUT2D eigenvalue weighted by atomic mass is 32.1. The summed E-state index contributed by atoms with van der Waals surface area (Å²) in [6.07, 6.45) is 4.88. The van der Waals surface area contributed by atoms with Gasteiger partial charge in [0.25, 0.3) is 0 Å². The normalized spacial score (nSPS) is 13.3. The van der Waals surface area contributed by atoms with Crippen LogP contribution in [0.2, 0.25) is 0 Å². The van der Waals surface area contributed by atoms with Crippen molar-refractivity contribution in [3.8, 4) is 11.6 Å². The molecular weight excluding hydrogens is 298 g/mol. The molecule has 2 heterocycles. The van der Waals surface area contributed by atoms with Crippen LogP contribution in [0.4, 0.5) is 0 Å². The minimum atomic E-state index is -0.452. The summed E-state index contributed by atoms with van der Waals surface area (Å²) in [5, 5.41) is 1.03. The second kappa shape index (κ2) is 5.06. The first kappa shape index (κ1) is 13.2. The van der Waals surface area contributed by atoms with E-state index in [0.29, 0.717) is 17.2 Å². The van der Waals surface area contributed by atoms with Crippen LogP contribution >= 0.6 is 11.3 Å². The highest BCUT2D eigenvalue weighted by Crippen LogP contribution is 2.40. The van der Waals surface area contributed by atoms with Gasteiger partial charge in [0, 0.05) is 10.4 Å². The van der Waals surface area contributed by atoms with E-state index in [1.807, 2.05) is 0 Å². The third-order valence-corrected chi connectivity index (χ3v) is 5.02. The monoisotopic (exact) mass is 311 g/mol. The Balaban J connectivity index is 1.73. The molecule has 0 atom stereocenters. The minimum Gasteiger partial charge on any atom is -0.438 e. The van der Waals surface area contributed by atoms with Crippen LogP contribution in [0.15, 0.2) is 30.6 Å². The molecule has 0 saturated heterocycles. The molecule has 0 fully saturated rings. The quantitative estimate of drug-likeness (QED) is 0.806. The zero-order chi connectivity index (χ0) is 15.1. The second-order valence-electron chi connectivity index (χ2n) is 5.21. The number of thiophene rings is 1. The van der Waals surface area contributed by atoms with Gasteiger partial charge in [-0.3, -0.25) is 4.79 Å². The van der Waals surface area contributed by atoms with E-state index >= 15 is 0 Å². The number of aryl methyl sites for hydroxylation is 2. The Morgan fingerprint density at radius 1 is 1.18 bits per heavy atom. The first-order chi connectivity index (χ1) is 10.7. The number of nitrogens with zero attached hydrogens (tertiary/aromatic N) is 2. The van der Waals surface area contributed by atoms with E-state index in [1.165, 1.54) is 23.2 Å². The fourth-order valence-corrected chi connectivity index (χ4v) is 4.00. The van der Waals surface area contributed by atoms with Crippen LogP contribution in [0.25, 0.3) is 10.2 Å². The van der Waals surface area contributed by atoms with E-state index in [-0.39, 0.29) is 0 Å². The lowest BCUT2D eigenvalue weighted by Gasteiger charge is -2.07. The molecule has 2 aromatic heterocycles. The lowest BCUT2D eigenvalue weighted by Crippen LogP contribution is -2.10. The van der Waals surface area contributed by atoms with E-state index in [1.54, 1.807) is 35.6 Å². The minimum absolute atomic E-state index is 0.452. The Morgan fingerprint density at radius 2 is 2.00 bits per heavy atom. The summed E-state index contributed by atoms with van der Waals surface area (Å²) >= 11 is 1.73. The summed E-state index contributed by atoms with van der Waals surface area (Å²) in [6.45, 7) is 0. The van der Waals surface area contributed by atoms with Gasteiger partial charge in [-0.2, -0.15) is 0 Å². The molecule has 3 aromatic rings. The molecule has 1 amide bonds. The molecule has 4 rings (SSSR count). The van der Waals surface area contributed by atoms with Crippen LogP contribution in [0.5, 0.6) is 11.6 Å². The third-order valence-electron chi connectivity index (χ3n) is 3.82. The van der Waals surface area contributed by atoms with Crippen molar-refractivity contribution in [3.63, 3.8) is 0 Å². The molecule has 0 radical (unpaired) electrons. The number of amides is 1. The number of nitrogens with two attached hydrogens (primary N) is 1. The van der Waals surface area contributed by atoms with Gasteiger partial charge in [0.05, 0.1) is 5.39 Å². The highest BCUT2D eigenvalue weighted by Gasteiger charge is 2.22. The second-order valence-corrected chi connectivity index (χ2v) is 6.29. The van der Waals surface area contributed by atoms with Crippen LogP contribution in [0.3, 0.4) is 0 Å². The molecule has 5 nitrogen and oxygen atoms in total. The number of rotatable bonds is 3. The zero-order valence-corrected chi connectivity index (χ0v) is 12.5. The van der Waals surface area contributed by atoms with Crippen molar-refractivity contribution in [1.29, 1.82) is 0 Å². The number of fused-ring (bicyclic) bond motifs is 3. The Labute approximate surface area is 130 Å². The van der Waals surface area contributed by atoms with Gasteiger partial charge >= 0.3 is 0 Å². The van der Waals surface area contributed by atoms with E-state index in [0.717, 1.165) is 23.1 Å². The standard InChI is InChI=1S/C16H13N3O2S/c17-14(20)9-4-6-10(7-5-9)21-15-13-11-2-1-3-12(11)22-16(13)19-8-18-15/h4-8H,1-3H2,(H2,17,20).